The Morgan fingerprint density at radius 3 is 2.42 bits per heavy atom. The average molecular weight is 236 g/mol. The van der Waals surface area contributed by atoms with E-state index in [1.807, 2.05) is 29.2 Å². The van der Waals surface area contributed by atoms with Crippen LogP contribution in [-0.4, -0.2) is 6.54 Å². The Morgan fingerprint density at radius 2 is 1.92 bits per heavy atom. The molecule has 0 fully saturated rings. The molecule has 0 aliphatic carbocycles. The van der Waals surface area contributed by atoms with Gasteiger partial charge >= 0.3 is 0 Å². The Labute approximate surface area is 100 Å². The van der Waals surface area contributed by atoms with E-state index in [1.54, 1.807) is 0 Å². The van der Waals surface area contributed by atoms with E-state index in [9.17, 15) is 0 Å². The van der Waals surface area contributed by atoms with Crippen molar-refractivity contribution in [3.63, 3.8) is 0 Å². The van der Waals surface area contributed by atoms with Crippen molar-refractivity contribution in [1.82, 2.24) is 0 Å². The fraction of sp³-hybridized carbons (Fsp3) is 0.200. The van der Waals surface area contributed by atoms with Gasteiger partial charge in [0.05, 0.1) is 0 Å². The quantitative estimate of drug-likeness (QED) is 0.713. The topological polar surface area (TPSA) is 3.24 Å². The van der Waals surface area contributed by atoms with Crippen molar-refractivity contribution in [2.45, 2.75) is 6.92 Å². The maximum absolute atomic E-state index is 3.91. The molecule has 0 aliphatic rings. The van der Waals surface area contributed by atoms with Crippen molar-refractivity contribution in [2.75, 3.05) is 11.4 Å². The Morgan fingerprint density at radius 1 is 1.33 bits per heavy atom. The molecule has 0 saturated heterocycles. The first-order chi connectivity index (χ1) is 5.25. The molecule has 1 aromatic carbocycles. The van der Waals surface area contributed by atoms with Crippen molar-refractivity contribution in [1.29, 1.82) is 0 Å². The molecule has 0 amide bonds. The summed E-state index contributed by atoms with van der Waals surface area (Å²) in [7, 11) is 3.88. The molecule has 1 radical (unpaired) electrons. The van der Waals surface area contributed by atoms with Crippen LogP contribution in [0.1, 0.15) is 12.5 Å². The number of anilines is 1. The van der Waals surface area contributed by atoms with Crippen LogP contribution in [0.15, 0.2) is 24.3 Å². The molecule has 63 valence electrons. The summed E-state index contributed by atoms with van der Waals surface area (Å²) in [6.07, 6.45) is 0. The standard InChI is InChI=1S/C10H13N.Y/c1-4-11(3)10-8-6-5-7-9(10)2;/h5-8H,2-4H2,1H3;/q-2;. The molecular formula is C10H13NY-2. The van der Waals surface area contributed by atoms with Crippen LogP contribution in [0.5, 0.6) is 0 Å². The van der Waals surface area contributed by atoms with Gasteiger partial charge in [-0.05, 0) is 6.54 Å². The maximum Gasteiger partial charge on any atom is 0 e. The maximum atomic E-state index is 3.91. The van der Waals surface area contributed by atoms with Crippen LogP contribution in [0, 0.1) is 14.0 Å². The molecule has 0 heterocycles. The fourth-order valence-electron chi connectivity index (χ4n) is 0.990. The summed E-state index contributed by atoms with van der Waals surface area (Å²) in [4.78, 5) is 1.93. The first-order valence-corrected chi connectivity index (χ1v) is 3.74. The van der Waals surface area contributed by atoms with Crippen LogP contribution in [0.25, 0.3) is 0 Å². The summed E-state index contributed by atoms with van der Waals surface area (Å²) >= 11 is 0. The Hall–Kier alpha value is -0.00610. The molecule has 0 bridgehead atoms. The summed E-state index contributed by atoms with van der Waals surface area (Å²) in [6.45, 7) is 6.89. The molecular weight excluding hydrogens is 223 g/mol. The van der Waals surface area contributed by atoms with Gasteiger partial charge in [-0.15, -0.1) is 6.07 Å². The first kappa shape index (κ1) is 12.0. The van der Waals surface area contributed by atoms with E-state index in [4.69, 9.17) is 0 Å². The largest absolute Gasteiger partial charge is 0.578 e. The van der Waals surface area contributed by atoms with Crippen LogP contribution >= 0.6 is 0 Å². The van der Waals surface area contributed by atoms with Gasteiger partial charge in [-0.3, -0.25) is 7.05 Å². The number of para-hydroxylation sites is 1. The molecule has 0 aromatic heterocycles. The minimum atomic E-state index is 0. The molecule has 1 nitrogen and oxygen atoms in total. The molecule has 0 aliphatic heterocycles. The summed E-state index contributed by atoms with van der Waals surface area (Å²) in [5, 5.41) is 0. The predicted octanol–water partition coefficient (Wildman–Crippen LogP) is 2.48. The van der Waals surface area contributed by atoms with Crippen molar-refractivity contribution in [3.8, 4) is 0 Å². The summed E-state index contributed by atoms with van der Waals surface area (Å²) < 4.78 is 0. The molecule has 2 heteroatoms. The fourth-order valence-corrected chi connectivity index (χ4v) is 0.990. The first-order valence-electron chi connectivity index (χ1n) is 3.74. The Bertz CT molecular complexity index is 235. The monoisotopic (exact) mass is 236 g/mol. The smallest absolute Gasteiger partial charge is 0 e. The van der Waals surface area contributed by atoms with E-state index in [1.165, 1.54) is 0 Å². The van der Waals surface area contributed by atoms with Gasteiger partial charge < -0.3 is 4.90 Å². The SMILES string of the molecule is [CH2-]c1ccccc1N([CH2-])CC.[Y]. The molecule has 0 spiro atoms. The van der Waals surface area contributed by atoms with Gasteiger partial charge in [0.1, 0.15) is 0 Å². The minimum absolute atomic E-state index is 0. The van der Waals surface area contributed by atoms with Gasteiger partial charge in [0.15, 0.2) is 0 Å². The van der Waals surface area contributed by atoms with E-state index in [2.05, 4.69) is 20.9 Å². The Balaban J connectivity index is 0.00000121. The Kier molecular flexibility index (Phi) is 5.60. The van der Waals surface area contributed by atoms with Gasteiger partial charge in [-0.1, -0.05) is 24.7 Å². The van der Waals surface area contributed by atoms with E-state index >= 15 is 0 Å². The number of rotatable bonds is 2. The van der Waals surface area contributed by atoms with Gasteiger partial charge in [-0.2, -0.15) is 18.6 Å². The van der Waals surface area contributed by atoms with Gasteiger partial charge in [-0.25, -0.2) is 0 Å². The number of nitrogens with zero attached hydrogens (tertiary/aromatic N) is 1. The second-order valence-electron chi connectivity index (χ2n) is 2.48. The average Bonchev–Trinajstić information content (AvgIpc) is 2.04. The normalized spacial score (nSPS) is 8.83. The summed E-state index contributed by atoms with van der Waals surface area (Å²) in [5.41, 5.74) is 2.14. The van der Waals surface area contributed by atoms with Crippen LogP contribution in [0.2, 0.25) is 0 Å². The third kappa shape index (κ3) is 2.80. The van der Waals surface area contributed by atoms with Crippen molar-refractivity contribution in [3.05, 3.63) is 43.8 Å². The number of hydrogen-bond acceptors (Lipinski definition) is 1. The van der Waals surface area contributed by atoms with Crippen LogP contribution in [-0.2, 0) is 32.7 Å². The van der Waals surface area contributed by atoms with Crippen LogP contribution in [0.3, 0.4) is 0 Å². The second-order valence-corrected chi connectivity index (χ2v) is 2.48. The zero-order valence-corrected chi connectivity index (χ0v) is 10.3. The molecule has 0 unspecified atom stereocenters. The summed E-state index contributed by atoms with van der Waals surface area (Å²) in [6, 6.07) is 8.00. The van der Waals surface area contributed by atoms with Crippen molar-refractivity contribution < 1.29 is 32.7 Å². The zero-order chi connectivity index (χ0) is 8.27. The molecule has 12 heavy (non-hydrogen) atoms. The zero-order valence-electron chi connectivity index (χ0n) is 7.46. The van der Waals surface area contributed by atoms with E-state index < -0.39 is 0 Å². The van der Waals surface area contributed by atoms with E-state index in [-0.39, 0.29) is 32.7 Å². The van der Waals surface area contributed by atoms with Crippen molar-refractivity contribution in [2.24, 2.45) is 0 Å². The molecule has 0 saturated carbocycles. The van der Waals surface area contributed by atoms with Gasteiger partial charge in [0, 0.05) is 32.7 Å². The third-order valence-corrected chi connectivity index (χ3v) is 1.71. The number of benzene rings is 1. The van der Waals surface area contributed by atoms with E-state index in [0.29, 0.717) is 0 Å². The number of hydrogen-bond donors (Lipinski definition) is 0. The summed E-state index contributed by atoms with van der Waals surface area (Å²) in [5.74, 6) is 0. The van der Waals surface area contributed by atoms with Crippen LogP contribution < -0.4 is 4.90 Å². The second kappa shape index (κ2) is 5.61. The van der Waals surface area contributed by atoms with Crippen LogP contribution in [0.4, 0.5) is 5.69 Å². The minimum Gasteiger partial charge on any atom is -0.578 e. The molecule has 0 N–H and O–H groups in total. The molecule has 0 atom stereocenters. The molecule has 1 rings (SSSR count). The van der Waals surface area contributed by atoms with Gasteiger partial charge in [0.2, 0.25) is 0 Å². The van der Waals surface area contributed by atoms with Gasteiger partial charge in [0.25, 0.3) is 0 Å². The van der Waals surface area contributed by atoms with E-state index in [0.717, 1.165) is 17.8 Å². The van der Waals surface area contributed by atoms with Crippen molar-refractivity contribution >= 4 is 5.69 Å². The molecule has 1 aromatic rings. The predicted molar refractivity (Wildman–Crippen MR) is 49.3 cm³/mol. The third-order valence-electron chi connectivity index (χ3n) is 1.71.